The van der Waals surface area contributed by atoms with Gasteiger partial charge in [0.25, 0.3) is 0 Å². The minimum absolute atomic E-state index is 0.0785. The number of methoxy groups -OCH3 is 1. The lowest BCUT2D eigenvalue weighted by molar-refractivity contribution is -0.122. The fourth-order valence-corrected chi connectivity index (χ4v) is 3.31. The predicted molar refractivity (Wildman–Crippen MR) is 105 cm³/mol. The molecule has 0 atom stereocenters. The van der Waals surface area contributed by atoms with Crippen molar-refractivity contribution in [3.8, 4) is 5.75 Å². The number of carbonyl (C=O) groups excluding carboxylic acids is 2. The van der Waals surface area contributed by atoms with Crippen LogP contribution in [-0.2, 0) is 16.1 Å². The monoisotopic (exact) mass is 390 g/mol. The van der Waals surface area contributed by atoms with E-state index in [1.165, 1.54) is 7.11 Å². The van der Waals surface area contributed by atoms with E-state index in [9.17, 15) is 9.59 Å². The second-order valence-electron chi connectivity index (χ2n) is 6.62. The van der Waals surface area contributed by atoms with Gasteiger partial charge in [0, 0.05) is 43.1 Å². The molecule has 1 aromatic carbocycles. The average molecular weight is 391 g/mol. The Bertz CT molecular complexity index is 878. The minimum Gasteiger partial charge on any atom is -0.495 e. The molecule has 1 aliphatic heterocycles. The van der Waals surface area contributed by atoms with Gasteiger partial charge in [-0.3, -0.25) is 14.5 Å². The van der Waals surface area contributed by atoms with Crippen molar-refractivity contribution in [3.63, 3.8) is 0 Å². The maximum atomic E-state index is 12.6. The normalized spacial score (nSPS) is 13.3. The predicted octanol–water partition coefficient (Wildman–Crippen LogP) is 3.32. The van der Waals surface area contributed by atoms with E-state index in [1.807, 2.05) is 24.6 Å². The Labute approximate surface area is 163 Å². The molecule has 0 fully saturated rings. The fourth-order valence-electron chi connectivity index (χ4n) is 3.16. The van der Waals surface area contributed by atoms with Gasteiger partial charge in [-0.15, -0.1) is 0 Å². The van der Waals surface area contributed by atoms with E-state index < -0.39 is 0 Å². The molecule has 0 spiro atoms. The molecule has 1 N–H and O–H groups in total. The van der Waals surface area contributed by atoms with Gasteiger partial charge < -0.3 is 10.1 Å². The fraction of sp³-hybridized carbons (Fsp3) is 0.421. The molecule has 3 rings (SSSR count). The molecule has 8 heteroatoms. The Morgan fingerprint density at radius 1 is 1.22 bits per heavy atom. The van der Waals surface area contributed by atoms with Crippen molar-refractivity contribution >= 4 is 34.9 Å². The Balaban J connectivity index is 1.62. The van der Waals surface area contributed by atoms with Crippen LogP contribution in [0.5, 0.6) is 5.75 Å². The summed E-state index contributed by atoms with van der Waals surface area (Å²) in [7, 11) is 1.52. The minimum atomic E-state index is -0.245. The number of benzene rings is 1. The zero-order valence-corrected chi connectivity index (χ0v) is 16.5. The summed E-state index contributed by atoms with van der Waals surface area (Å²) in [6.07, 6.45) is 1.07. The highest BCUT2D eigenvalue weighted by atomic mass is 35.5. The van der Waals surface area contributed by atoms with E-state index in [0.717, 1.165) is 30.0 Å². The topological polar surface area (TPSA) is 76.5 Å². The third-order valence-corrected chi connectivity index (χ3v) is 4.94. The highest BCUT2D eigenvalue weighted by Crippen LogP contribution is 2.31. The van der Waals surface area contributed by atoms with Gasteiger partial charge in [0.05, 0.1) is 18.5 Å². The number of halogens is 1. The molecule has 2 heterocycles. The number of aromatic nitrogens is 2. The highest BCUT2D eigenvalue weighted by Gasteiger charge is 2.24. The second kappa shape index (κ2) is 8.00. The molecular formula is C19H23ClN4O3. The zero-order chi connectivity index (χ0) is 19.6. The SMILES string of the molecule is COc1cc(Cl)c(C)cc1NC(=O)CCC(=O)N1CCCn2nc(C)cc21. The van der Waals surface area contributed by atoms with Gasteiger partial charge in [-0.2, -0.15) is 5.10 Å². The molecule has 2 aromatic rings. The van der Waals surface area contributed by atoms with Crippen molar-refractivity contribution < 1.29 is 14.3 Å². The Morgan fingerprint density at radius 2 is 2.00 bits per heavy atom. The quantitative estimate of drug-likeness (QED) is 0.849. The van der Waals surface area contributed by atoms with Crippen molar-refractivity contribution in [1.29, 1.82) is 0 Å². The van der Waals surface area contributed by atoms with Gasteiger partial charge in [0.15, 0.2) is 0 Å². The summed E-state index contributed by atoms with van der Waals surface area (Å²) in [5.41, 5.74) is 2.26. The van der Waals surface area contributed by atoms with Crippen LogP contribution in [0.3, 0.4) is 0 Å². The lowest BCUT2D eigenvalue weighted by Gasteiger charge is -2.27. The first-order chi connectivity index (χ1) is 12.9. The first-order valence-electron chi connectivity index (χ1n) is 8.88. The van der Waals surface area contributed by atoms with E-state index in [0.29, 0.717) is 23.0 Å². The molecule has 1 aliphatic rings. The molecule has 0 unspecified atom stereocenters. The van der Waals surface area contributed by atoms with Crippen LogP contribution < -0.4 is 15.0 Å². The van der Waals surface area contributed by atoms with Crippen LogP contribution in [0.25, 0.3) is 0 Å². The summed E-state index contributed by atoms with van der Waals surface area (Å²) in [5.74, 6) is 0.968. The molecule has 0 saturated carbocycles. The number of ether oxygens (including phenoxy) is 1. The molecule has 7 nitrogen and oxygen atoms in total. The van der Waals surface area contributed by atoms with E-state index in [1.54, 1.807) is 17.0 Å². The van der Waals surface area contributed by atoms with Crippen LogP contribution in [0.2, 0.25) is 5.02 Å². The summed E-state index contributed by atoms with van der Waals surface area (Å²) < 4.78 is 7.11. The number of fused-ring (bicyclic) bond motifs is 1. The van der Waals surface area contributed by atoms with Crippen LogP contribution in [0.15, 0.2) is 18.2 Å². The summed E-state index contributed by atoms with van der Waals surface area (Å²) >= 11 is 6.08. The molecular weight excluding hydrogens is 368 g/mol. The lowest BCUT2D eigenvalue weighted by Crippen LogP contribution is -2.37. The van der Waals surface area contributed by atoms with Gasteiger partial charge in [-0.1, -0.05) is 11.6 Å². The molecule has 0 radical (unpaired) electrons. The highest BCUT2D eigenvalue weighted by molar-refractivity contribution is 6.31. The number of hydrogen-bond acceptors (Lipinski definition) is 4. The largest absolute Gasteiger partial charge is 0.495 e. The van der Waals surface area contributed by atoms with Crippen molar-refractivity contribution in [3.05, 3.63) is 34.5 Å². The second-order valence-corrected chi connectivity index (χ2v) is 7.02. The molecule has 1 aromatic heterocycles. The zero-order valence-electron chi connectivity index (χ0n) is 15.7. The third kappa shape index (κ3) is 4.24. The van der Waals surface area contributed by atoms with Gasteiger partial charge in [-0.25, -0.2) is 4.68 Å². The number of amides is 2. The average Bonchev–Trinajstić information content (AvgIpc) is 3.02. The van der Waals surface area contributed by atoms with Crippen molar-refractivity contribution in [2.24, 2.45) is 0 Å². The van der Waals surface area contributed by atoms with Crippen LogP contribution >= 0.6 is 11.6 Å². The first-order valence-corrected chi connectivity index (χ1v) is 9.25. The van der Waals surface area contributed by atoms with E-state index >= 15 is 0 Å². The van der Waals surface area contributed by atoms with E-state index in [4.69, 9.17) is 16.3 Å². The van der Waals surface area contributed by atoms with Crippen molar-refractivity contribution in [2.75, 3.05) is 23.9 Å². The number of carbonyl (C=O) groups is 2. The van der Waals surface area contributed by atoms with Gasteiger partial charge in [0.1, 0.15) is 11.6 Å². The third-order valence-electron chi connectivity index (χ3n) is 4.53. The smallest absolute Gasteiger partial charge is 0.228 e. The lowest BCUT2D eigenvalue weighted by atomic mass is 10.2. The Morgan fingerprint density at radius 3 is 2.74 bits per heavy atom. The van der Waals surface area contributed by atoms with Crippen LogP contribution in [0.4, 0.5) is 11.5 Å². The Kier molecular flexibility index (Phi) is 5.70. The molecule has 27 heavy (non-hydrogen) atoms. The number of nitrogens with one attached hydrogen (secondary N) is 1. The van der Waals surface area contributed by atoms with Crippen LogP contribution in [-0.4, -0.2) is 35.2 Å². The van der Waals surface area contributed by atoms with Gasteiger partial charge >= 0.3 is 0 Å². The van der Waals surface area contributed by atoms with Crippen LogP contribution in [0.1, 0.15) is 30.5 Å². The van der Waals surface area contributed by atoms with Crippen molar-refractivity contribution in [1.82, 2.24) is 9.78 Å². The molecule has 0 aliphatic carbocycles. The maximum Gasteiger partial charge on any atom is 0.228 e. The molecule has 0 saturated heterocycles. The molecule has 0 bridgehead atoms. The van der Waals surface area contributed by atoms with E-state index in [2.05, 4.69) is 10.4 Å². The summed E-state index contributed by atoms with van der Waals surface area (Å²) in [5, 5.41) is 7.76. The summed E-state index contributed by atoms with van der Waals surface area (Å²) in [6, 6.07) is 5.32. The summed E-state index contributed by atoms with van der Waals surface area (Å²) in [6.45, 7) is 5.21. The number of anilines is 2. The van der Waals surface area contributed by atoms with Gasteiger partial charge in [0.2, 0.25) is 11.8 Å². The van der Waals surface area contributed by atoms with Crippen molar-refractivity contribution in [2.45, 2.75) is 39.7 Å². The van der Waals surface area contributed by atoms with Crippen LogP contribution in [0, 0.1) is 13.8 Å². The molecule has 144 valence electrons. The number of nitrogens with zero attached hydrogens (tertiary/aromatic N) is 3. The number of rotatable bonds is 5. The summed E-state index contributed by atoms with van der Waals surface area (Å²) in [4.78, 5) is 26.6. The number of hydrogen-bond donors (Lipinski definition) is 1. The standard InChI is InChI=1S/C19H23ClN4O3/c1-12-9-15(16(27-3)11-14(12)20)21-17(25)5-6-19(26)23-7-4-8-24-18(23)10-13(2)22-24/h9-11H,4-8H2,1-3H3,(H,21,25). The maximum absolute atomic E-state index is 12.6. The molecule has 2 amide bonds. The number of aryl methyl sites for hydroxylation is 3. The van der Waals surface area contributed by atoms with E-state index in [-0.39, 0.29) is 24.7 Å². The Hall–Kier alpha value is -2.54. The first kappa shape index (κ1) is 19.2. The van der Waals surface area contributed by atoms with Gasteiger partial charge in [-0.05, 0) is 31.9 Å².